The number of nitrogens with one attached hydrogen (secondary N) is 2. The number of hydrogen-bond acceptors (Lipinski definition) is 3. The second-order valence-electron chi connectivity index (χ2n) is 5.84. The minimum atomic E-state index is 0.758. The van der Waals surface area contributed by atoms with Crippen LogP contribution in [-0.4, -0.2) is 18.1 Å². The van der Waals surface area contributed by atoms with E-state index in [2.05, 4.69) is 27.8 Å². The maximum Gasteiger partial charge on any atom is 0.127 e. The molecule has 4 unspecified atom stereocenters. The Morgan fingerprint density at radius 2 is 2.00 bits per heavy atom. The van der Waals surface area contributed by atoms with Gasteiger partial charge in [-0.3, -0.25) is 0 Å². The number of aromatic nitrogens is 1. The van der Waals surface area contributed by atoms with Gasteiger partial charge in [-0.2, -0.15) is 0 Å². The summed E-state index contributed by atoms with van der Waals surface area (Å²) in [7, 11) is 1.91. The molecule has 3 aliphatic rings. The van der Waals surface area contributed by atoms with Crippen molar-refractivity contribution >= 4 is 11.5 Å². The minimum absolute atomic E-state index is 0.758. The molecule has 0 aliphatic heterocycles. The number of pyridine rings is 1. The van der Waals surface area contributed by atoms with Crippen LogP contribution in [0.1, 0.15) is 19.3 Å². The van der Waals surface area contributed by atoms with Gasteiger partial charge in [-0.05, 0) is 49.0 Å². The van der Waals surface area contributed by atoms with Crippen LogP contribution in [0.3, 0.4) is 0 Å². The highest BCUT2D eigenvalue weighted by Crippen LogP contribution is 2.66. The first-order valence-corrected chi connectivity index (χ1v) is 6.77. The molecular formula is C14H19N3. The van der Waals surface area contributed by atoms with Gasteiger partial charge in [0.15, 0.2) is 0 Å². The highest BCUT2D eigenvalue weighted by molar-refractivity contribution is 5.53. The van der Waals surface area contributed by atoms with Crippen LogP contribution < -0.4 is 10.6 Å². The van der Waals surface area contributed by atoms with Crippen LogP contribution in [0.15, 0.2) is 18.3 Å². The van der Waals surface area contributed by atoms with Gasteiger partial charge in [-0.1, -0.05) is 0 Å². The molecule has 1 aromatic heterocycles. The van der Waals surface area contributed by atoms with E-state index in [4.69, 9.17) is 0 Å². The van der Waals surface area contributed by atoms with Crippen LogP contribution in [0.2, 0.25) is 0 Å². The molecule has 3 nitrogen and oxygen atoms in total. The Kier molecular flexibility index (Phi) is 1.93. The minimum Gasteiger partial charge on any atom is -0.382 e. The van der Waals surface area contributed by atoms with Crippen molar-refractivity contribution in [3.63, 3.8) is 0 Å². The second kappa shape index (κ2) is 3.37. The first kappa shape index (κ1) is 9.75. The van der Waals surface area contributed by atoms with Gasteiger partial charge in [-0.25, -0.2) is 4.98 Å². The van der Waals surface area contributed by atoms with Gasteiger partial charge in [0.05, 0.1) is 0 Å². The molecule has 1 aromatic rings. The van der Waals surface area contributed by atoms with Crippen molar-refractivity contribution in [2.24, 2.45) is 23.7 Å². The maximum absolute atomic E-state index is 4.25. The fourth-order valence-corrected chi connectivity index (χ4v) is 4.37. The van der Waals surface area contributed by atoms with Crippen LogP contribution in [0, 0.1) is 23.7 Å². The van der Waals surface area contributed by atoms with E-state index >= 15 is 0 Å². The number of rotatable bonds is 3. The van der Waals surface area contributed by atoms with Gasteiger partial charge < -0.3 is 10.6 Å². The molecule has 2 N–H and O–H groups in total. The maximum atomic E-state index is 4.25. The zero-order valence-electron chi connectivity index (χ0n) is 10.2. The summed E-state index contributed by atoms with van der Waals surface area (Å²) in [6.07, 6.45) is 6.37. The van der Waals surface area contributed by atoms with E-state index in [1.807, 2.05) is 13.2 Å². The quantitative estimate of drug-likeness (QED) is 0.836. The molecule has 3 fully saturated rings. The van der Waals surface area contributed by atoms with E-state index < -0.39 is 0 Å². The van der Waals surface area contributed by atoms with Crippen molar-refractivity contribution in [1.82, 2.24) is 4.98 Å². The van der Waals surface area contributed by atoms with Gasteiger partial charge in [0.2, 0.25) is 0 Å². The average Bonchev–Trinajstić information content (AvgIpc) is 2.76. The Bertz CT molecular complexity index is 429. The van der Waals surface area contributed by atoms with Crippen molar-refractivity contribution < 1.29 is 0 Å². The average molecular weight is 229 g/mol. The standard InChI is InChI=1S/C14H19N3/c1-15-11-7-10(4-5-16-11)17-14-12-8-2-3-9(6-8)13(12)14/h4-5,7-9,12-14H,2-3,6H2,1H3,(H2,15,16,17). The molecule has 4 atom stereocenters. The van der Waals surface area contributed by atoms with Crippen LogP contribution in [0.25, 0.3) is 0 Å². The van der Waals surface area contributed by atoms with Gasteiger partial charge in [-0.15, -0.1) is 0 Å². The predicted molar refractivity (Wildman–Crippen MR) is 69.0 cm³/mol. The summed E-state index contributed by atoms with van der Waals surface area (Å²) in [5.74, 6) is 4.99. The third kappa shape index (κ3) is 1.38. The molecule has 90 valence electrons. The molecule has 0 amide bonds. The van der Waals surface area contributed by atoms with Crippen LogP contribution in [0.4, 0.5) is 11.5 Å². The summed E-state index contributed by atoms with van der Waals surface area (Å²) in [6.45, 7) is 0. The molecule has 17 heavy (non-hydrogen) atoms. The van der Waals surface area contributed by atoms with E-state index in [0.717, 1.165) is 35.5 Å². The Hall–Kier alpha value is -1.25. The summed E-state index contributed by atoms with van der Waals surface area (Å²) in [5, 5.41) is 6.80. The lowest BCUT2D eigenvalue weighted by Gasteiger charge is -2.12. The van der Waals surface area contributed by atoms with Crippen molar-refractivity contribution in [1.29, 1.82) is 0 Å². The molecule has 0 radical (unpaired) electrons. The zero-order chi connectivity index (χ0) is 11.4. The van der Waals surface area contributed by atoms with E-state index in [9.17, 15) is 0 Å². The van der Waals surface area contributed by atoms with Crippen LogP contribution in [0.5, 0.6) is 0 Å². The third-order valence-electron chi connectivity index (χ3n) is 5.08. The lowest BCUT2D eigenvalue weighted by molar-refractivity contribution is 0.456. The fourth-order valence-electron chi connectivity index (χ4n) is 4.37. The monoisotopic (exact) mass is 229 g/mol. The second-order valence-corrected chi connectivity index (χ2v) is 5.84. The predicted octanol–water partition coefficient (Wildman–Crippen LogP) is 2.58. The normalized spacial score (nSPS) is 41.1. The zero-order valence-corrected chi connectivity index (χ0v) is 10.2. The topological polar surface area (TPSA) is 37.0 Å². The third-order valence-corrected chi connectivity index (χ3v) is 5.08. The lowest BCUT2D eigenvalue weighted by atomic mass is 10.0. The molecule has 0 aromatic carbocycles. The first-order valence-electron chi connectivity index (χ1n) is 6.77. The fraction of sp³-hybridized carbons (Fsp3) is 0.643. The van der Waals surface area contributed by atoms with Crippen LogP contribution in [-0.2, 0) is 0 Å². The highest BCUT2D eigenvalue weighted by atomic mass is 15.0. The van der Waals surface area contributed by atoms with Gasteiger partial charge >= 0.3 is 0 Å². The Balaban J connectivity index is 1.49. The summed E-state index contributed by atoms with van der Waals surface area (Å²) in [5.41, 5.74) is 1.23. The van der Waals surface area contributed by atoms with Gasteiger partial charge in [0.1, 0.15) is 5.82 Å². The molecule has 3 heteroatoms. The lowest BCUT2D eigenvalue weighted by Crippen LogP contribution is -2.12. The number of anilines is 2. The van der Waals surface area contributed by atoms with Gasteiger partial charge in [0, 0.05) is 31.0 Å². The highest BCUT2D eigenvalue weighted by Gasteiger charge is 2.64. The Labute approximate surface area is 102 Å². The number of nitrogens with zero attached hydrogens (tertiary/aromatic N) is 1. The summed E-state index contributed by atoms with van der Waals surface area (Å²) in [6, 6.07) is 4.94. The van der Waals surface area contributed by atoms with Gasteiger partial charge in [0.25, 0.3) is 0 Å². The Morgan fingerprint density at radius 1 is 1.24 bits per heavy atom. The van der Waals surface area contributed by atoms with Crippen molar-refractivity contribution in [2.45, 2.75) is 25.3 Å². The molecular weight excluding hydrogens is 210 g/mol. The van der Waals surface area contributed by atoms with E-state index in [-0.39, 0.29) is 0 Å². The first-order chi connectivity index (χ1) is 8.36. The van der Waals surface area contributed by atoms with Crippen molar-refractivity contribution in [3.05, 3.63) is 18.3 Å². The van der Waals surface area contributed by atoms with Crippen molar-refractivity contribution in [2.75, 3.05) is 17.7 Å². The smallest absolute Gasteiger partial charge is 0.127 e. The summed E-state index contributed by atoms with van der Waals surface area (Å²) >= 11 is 0. The molecule has 0 spiro atoms. The molecule has 1 heterocycles. The molecule has 4 rings (SSSR count). The summed E-state index contributed by atoms with van der Waals surface area (Å²) < 4.78 is 0. The SMILES string of the molecule is CNc1cc(NC2C3C4CCC(C4)C23)ccn1. The Morgan fingerprint density at radius 3 is 2.71 bits per heavy atom. The van der Waals surface area contributed by atoms with E-state index in [1.165, 1.54) is 24.9 Å². The van der Waals surface area contributed by atoms with Crippen LogP contribution >= 0.6 is 0 Å². The molecule has 0 saturated heterocycles. The number of hydrogen-bond donors (Lipinski definition) is 2. The molecule has 3 saturated carbocycles. The van der Waals surface area contributed by atoms with Crippen molar-refractivity contribution in [3.8, 4) is 0 Å². The number of fused-ring (bicyclic) bond motifs is 5. The summed E-state index contributed by atoms with van der Waals surface area (Å²) in [4.78, 5) is 4.25. The van der Waals surface area contributed by atoms with E-state index in [0.29, 0.717) is 0 Å². The molecule has 3 aliphatic carbocycles. The van der Waals surface area contributed by atoms with E-state index in [1.54, 1.807) is 0 Å². The molecule has 2 bridgehead atoms. The largest absolute Gasteiger partial charge is 0.382 e.